The standard InChI is InChI=1S/C19H17ClN4O3/c1-2-13-18(24-6-5-12(20)8-16(24)22-13)19(26)21-9-11-3-4-15-14(7-11)23-17(25)10-27-15/h3-8H,2,9-10H2,1H3,(H,21,26)(H,23,25). The summed E-state index contributed by atoms with van der Waals surface area (Å²) in [6.07, 6.45) is 2.37. The van der Waals surface area contributed by atoms with Crippen LogP contribution in [-0.2, 0) is 17.8 Å². The Morgan fingerprint density at radius 3 is 3.04 bits per heavy atom. The molecule has 7 nitrogen and oxygen atoms in total. The lowest BCUT2D eigenvalue weighted by molar-refractivity contribution is -0.118. The normalized spacial score (nSPS) is 13.0. The van der Waals surface area contributed by atoms with E-state index in [-0.39, 0.29) is 18.4 Å². The number of aryl methyl sites for hydroxylation is 1. The van der Waals surface area contributed by atoms with Crippen molar-refractivity contribution < 1.29 is 14.3 Å². The van der Waals surface area contributed by atoms with Gasteiger partial charge in [-0.1, -0.05) is 24.6 Å². The summed E-state index contributed by atoms with van der Waals surface area (Å²) in [7, 11) is 0. The number of hydrogen-bond acceptors (Lipinski definition) is 4. The smallest absolute Gasteiger partial charge is 0.270 e. The van der Waals surface area contributed by atoms with E-state index in [4.69, 9.17) is 16.3 Å². The maximum absolute atomic E-state index is 12.8. The molecule has 0 aliphatic carbocycles. The first-order chi connectivity index (χ1) is 13.0. The quantitative estimate of drug-likeness (QED) is 0.724. The van der Waals surface area contributed by atoms with Crippen LogP contribution in [0.3, 0.4) is 0 Å². The Morgan fingerprint density at radius 1 is 1.37 bits per heavy atom. The van der Waals surface area contributed by atoms with Crippen molar-refractivity contribution in [1.29, 1.82) is 0 Å². The number of carbonyl (C=O) groups is 2. The Balaban J connectivity index is 1.56. The molecule has 0 saturated heterocycles. The molecule has 1 aromatic carbocycles. The number of carbonyl (C=O) groups excluding carboxylic acids is 2. The van der Waals surface area contributed by atoms with Crippen LogP contribution >= 0.6 is 11.6 Å². The van der Waals surface area contributed by atoms with Crippen LogP contribution in [0.1, 0.15) is 28.7 Å². The van der Waals surface area contributed by atoms with E-state index in [1.807, 2.05) is 13.0 Å². The highest BCUT2D eigenvalue weighted by atomic mass is 35.5. The lowest BCUT2D eigenvalue weighted by Crippen LogP contribution is -2.27. The number of rotatable bonds is 4. The fraction of sp³-hybridized carbons (Fsp3) is 0.211. The second-order valence-corrected chi connectivity index (χ2v) is 6.62. The fourth-order valence-electron chi connectivity index (χ4n) is 3.06. The van der Waals surface area contributed by atoms with Gasteiger partial charge in [0, 0.05) is 23.8 Å². The number of amides is 2. The monoisotopic (exact) mass is 384 g/mol. The number of fused-ring (bicyclic) bond motifs is 2. The van der Waals surface area contributed by atoms with Crippen LogP contribution in [0.15, 0.2) is 36.5 Å². The lowest BCUT2D eigenvalue weighted by Gasteiger charge is -2.18. The molecule has 2 aromatic heterocycles. The van der Waals surface area contributed by atoms with Gasteiger partial charge in [-0.3, -0.25) is 14.0 Å². The number of aromatic nitrogens is 2. The average Bonchev–Trinajstić information content (AvgIpc) is 3.03. The SMILES string of the molecule is CCc1nc2cc(Cl)ccn2c1C(=O)NCc1ccc2c(c1)NC(=O)CO2. The molecule has 0 saturated carbocycles. The van der Waals surface area contributed by atoms with Crippen LogP contribution in [0.25, 0.3) is 5.65 Å². The van der Waals surface area contributed by atoms with Gasteiger partial charge >= 0.3 is 0 Å². The van der Waals surface area contributed by atoms with E-state index in [0.29, 0.717) is 46.5 Å². The van der Waals surface area contributed by atoms with Gasteiger partial charge in [0.05, 0.1) is 11.4 Å². The molecule has 3 heterocycles. The van der Waals surface area contributed by atoms with Crippen molar-refractivity contribution in [2.24, 2.45) is 0 Å². The van der Waals surface area contributed by atoms with Crippen LogP contribution in [-0.4, -0.2) is 27.8 Å². The summed E-state index contributed by atoms with van der Waals surface area (Å²) in [5, 5.41) is 6.24. The molecule has 0 fully saturated rings. The van der Waals surface area contributed by atoms with Crippen molar-refractivity contribution in [1.82, 2.24) is 14.7 Å². The number of halogens is 1. The zero-order chi connectivity index (χ0) is 19.0. The molecular weight excluding hydrogens is 368 g/mol. The third kappa shape index (κ3) is 3.33. The van der Waals surface area contributed by atoms with Gasteiger partial charge in [-0.15, -0.1) is 0 Å². The van der Waals surface area contributed by atoms with E-state index in [2.05, 4.69) is 15.6 Å². The highest BCUT2D eigenvalue weighted by Crippen LogP contribution is 2.28. The Kier molecular flexibility index (Phi) is 4.45. The Labute approximate surface area is 160 Å². The van der Waals surface area contributed by atoms with E-state index in [1.165, 1.54) is 0 Å². The number of benzene rings is 1. The second-order valence-electron chi connectivity index (χ2n) is 6.18. The predicted molar refractivity (Wildman–Crippen MR) is 101 cm³/mol. The molecule has 1 aliphatic heterocycles. The Bertz CT molecular complexity index is 1060. The van der Waals surface area contributed by atoms with Crippen LogP contribution in [0, 0.1) is 0 Å². The zero-order valence-electron chi connectivity index (χ0n) is 14.6. The minimum atomic E-state index is -0.223. The summed E-state index contributed by atoms with van der Waals surface area (Å²) in [5.74, 6) is 0.206. The van der Waals surface area contributed by atoms with Crippen LogP contribution < -0.4 is 15.4 Å². The van der Waals surface area contributed by atoms with Crippen molar-refractivity contribution in [2.45, 2.75) is 19.9 Å². The molecule has 27 heavy (non-hydrogen) atoms. The first kappa shape index (κ1) is 17.4. The molecule has 3 aromatic rings. The number of nitrogens with one attached hydrogen (secondary N) is 2. The van der Waals surface area contributed by atoms with Gasteiger partial charge in [0.2, 0.25) is 0 Å². The van der Waals surface area contributed by atoms with Gasteiger partial charge in [0.15, 0.2) is 6.61 Å². The van der Waals surface area contributed by atoms with E-state index in [9.17, 15) is 9.59 Å². The lowest BCUT2D eigenvalue weighted by atomic mass is 10.1. The molecule has 0 radical (unpaired) electrons. The number of hydrogen-bond donors (Lipinski definition) is 2. The predicted octanol–water partition coefficient (Wildman–Crippen LogP) is 2.81. The van der Waals surface area contributed by atoms with Crippen molar-refractivity contribution in [3.8, 4) is 5.75 Å². The third-order valence-corrected chi connectivity index (χ3v) is 4.58. The van der Waals surface area contributed by atoms with Crippen molar-refractivity contribution in [2.75, 3.05) is 11.9 Å². The molecule has 0 spiro atoms. The van der Waals surface area contributed by atoms with Crippen LogP contribution in [0.2, 0.25) is 5.02 Å². The minimum Gasteiger partial charge on any atom is -0.482 e. The van der Waals surface area contributed by atoms with Gasteiger partial charge in [0.1, 0.15) is 17.1 Å². The average molecular weight is 385 g/mol. The van der Waals surface area contributed by atoms with E-state index in [0.717, 1.165) is 5.56 Å². The number of pyridine rings is 1. The minimum absolute atomic E-state index is 0.0151. The van der Waals surface area contributed by atoms with Gasteiger partial charge in [0.25, 0.3) is 11.8 Å². The van der Waals surface area contributed by atoms with Crippen molar-refractivity contribution >= 4 is 34.7 Å². The molecule has 138 valence electrons. The summed E-state index contributed by atoms with van der Waals surface area (Å²) < 4.78 is 7.08. The largest absolute Gasteiger partial charge is 0.482 e. The molecule has 2 amide bonds. The second kappa shape index (κ2) is 6.92. The molecule has 0 atom stereocenters. The van der Waals surface area contributed by atoms with Crippen LogP contribution in [0.5, 0.6) is 5.75 Å². The molecular formula is C19H17ClN4O3. The molecule has 0 unspecified atom stereocenters. The summed E-state index contributed by atoms with van der Waals surface area (Å²) in [6.45, 7) is 2.28. The van der Waals surface area contributed by atoms with Gasteiger partial charge in [-0.25, -0.2) is 4.98 Å². The third-order valence-electron chi connectivity index (χ3n) is 4.34. The van der Waals surface area contributed by atoms with E-state index < -0.39 is 0 Å². The summed E-state index contributed by atoms with van der Waals surface area (Å²) >= 11 is 6.02. The van der Waals surface area contributed by atoms with Crippen molar-refractivity contribution in [3.63, 3.8) is 0 Å². The number of anilines is 1. The maximum Gasteiger partial charge on any atom is 0.270 e. The Hall–Kier alpha value is -3.06. The first-order valence-corrected chi connectivity index (χ1v) is 8.93. The molecule has 4 rings (SSSR count). The van der Waals surface area contributed by atoms with Crippen molar-refractivity contribution in [3.05, 3.63) is 58.5 Å². The fourth-order valence-corrected chi connectivity index (χ4v) is 3.22. The highest BCUT2D eigenvalue weighted by molar-refractivity contribution is 6.30. The van der Waals surface area contributed by atoms with E-state index in [1.54, 1.807) is 34.9 Å². The van der Waals surface area contributed by atoms with Crippen LogP contribution in [0.4, 0.5) is 5.69 Å². The van der Waals surface area contributed by atoms with E-state index >= 15 is 0 Å². The molecule has 8 heteroatoms. The van der Waals surface area contributed by atoms with Gasteiger partial charge in [-0.2, -0.15) is 0 Å². The molecule has 1 aliphatic rings. The highest BCUT2D eigenvalue weighted by Gasteiger charge is 2.19. The topological polar surface area (TPSA) is 84.7 Å². The summed E-state index contributed by atoms with van der Waals surface area (Å²) in [5.41, 5.74) is 3.30. The maximum atomic E-state index is 12.8. The summed E-state index contributed by atoms with van der Waals surface area (Å²) in [6, 6.07) is 8.87. The molecule has 2 N–H and O–H groups in total. The Morgan fingerprint density at radius 2 is 2.22 bits per heavy atom. The van der Waals surface area contributed by atoms with Gasteiger partial charge in [-0.05, 0) is 30.2 Å². The number of ether oxygens (including phenoxy) is 1. The summed E-state index contributed by atoms with van der Waals surface area (Å²) in [4.78, 5) is 28.7. The zero-order valence-corrected chi connectivity index (χ0v) is 15.3. The molecule has 0 bridgehead atoms. The van der Waals surface area contributed by atoms with Gasteiger partial charge < -0.3 is 15.4 Å². The number of imidazole rings is 1. The number of nitrogens with zero attached hydrogens (tertiary/aromatic N) is 2. The first-order valence-electron chi connectivity index (χ1n) is 8.55.